The summed E-state index contributed by atoms with van der Waals surface area (Å²) in [7, 11) is 0. The van der Waals surface area contributed by atoms with Gasteiger partial charge in [-0.3, -0.25) is 0 Å². The molecule has 1 saturated carbocycles. The third kappa shape index (κ3) is 1.95. The van der Waals surface area contributed by atoms with Gasteiger partial charge in [-0.25, -0.2) is 4.39 Å². The largest absolute Gasteiger partial charge is 0.327 e. The molecule has 0 amide bonds. The summed E-state index contributed by atoms with van der Waals surface area (Å²) in [5.74, 6) is 0. The van der Waals surface area contributed by atoms with Crippen molar-refractivity contribution in [2.75, 3.05) is 0 Å². The Morgan fingerprint density at radius 2 is 1.93 bits per heavy atom. The first-order valence-electron chi connectivity index (χ1n) is 5.07. The number of hydrogen-bond acceptors (Lipinski definition) is 1. The highest BCUT2D eigenvalue weighted by atomic mass is 19.1. The third-order valence-corrected chi connectivity index (χ3v) is 2.90. The summed E-state index contributed by atoms with van der Waals surface area (Å²) in [6.45, 7) is 2.04. The Hall–Kier alpha value is -0.890. The zero-order valence-electron chi connectivity index (χ0n) is 8.46. The van der Waals surface area contributed by atoms with Crippen LogP contribution in [0.3, 0.4) is 0 Å². The number of halogens is 1. The van der Waals surface area contributed by atoms with Crippen LogP contribution in [0.25, 0.3) is 0 Å². The monoisotopic (exact) mass is 193 g/mol. The Kier molecular flexibility index (Phi) is 2.31. The average molecular weight is 193 g/mol. The molecule has 1 fully saturated rings. The standard InChI is InChI=1S/C12H16FN/c1-9-2-4-10(5-3-9)6-12(13)7-11(14)8-12/h2-5,11H,6-8,14H2,1H3. The van der Waals surface area contributed by atoms with Crippen LogP contribution >= 0.6 is 0 Å². The SMILES string of the molecule is Cc1ccc(CC2(F)CC(N)C2)cc1. The minimum atomic E-state index is -1.03. The van der Waals surface area contributed by atoms with E-state index in [1.807, 2.05) is 31.2 Å². The molecule has 1 aromatic rings. The van der Waals surface area contributed by atoms with E-state index >= 15 is 0 Å². The van der Waals surface area contributed by atoms with Crippen LogP contribution in [0.1, 0.15) is 24.0 Å². The molecule has 0 atom stereocenters. The summed E-state index contributed by atoms with van der Waals surface area (Å²) in [6, 6.07) is 8.13. The predicted octanol–water partition coefficient (Wildman–Crippen LogP) is 2.37. The van der Waals surface area contributed by atoms with Gasteiger partial charge in [-0.2, -0.15) is 0 Å². The quantitative estimate of drug-likeness (QED) is 0.766. The average Bonchev–Trinajstić information content (AvgIpc) is 2.07. The maximum absolute atomic E-state index is 13.9. The highest BCUT2D eigenvalue weighted by molar-refractivity contribution is 5.23. The predicted molar refractivity (Wildman–Crippen MR) is 55.9 cm³/mol. The molecule has 1 aliphatic rings. The number of benzene rings is 1. The Labute approximate surface area is 84.1 Å². The molecule has 0 unspecified atom stereocenters. The zero-order chi connectivity index (χ0) is 10.2. The minimum absolute atomic E-state index is 0.0745. The van der Waals surface area contributed by atoms with E-state index < -0.39 is 5.67 Å². The molecular formula is C12H16FN. The highest BCUT2D eigenvalue weighted by Crippen LogP contribution is 2.37. The number of alkyl halides is 1. The maximum atomic E-state index is 13.9. The first kappa shape index (κ1) is 9.66. The smallest absolute Gasteiger partial charge is 0.118 e. The lowest BCUT2D eigenvalue weighted by molar-refractivity contribution is 0.0444. The second-order valence-corrected chi connectivity index (χ2v) is 4.48. The summed E-state index contributed by atoms with van der Waals surface area (Å²) in [5.41, 5.74) is 6.85. The van der Waals surface area contributed by atoms with Gasteiger partial charge in [-0.15, -0.1) is 0 Å². The molecule has 0 aromatic heterocycles. The van der Waals surface area contributed by atoms with Gasteiger partial charge < -0.3 is 5.73 Å². The summed E-state index contributed by atoms with van der Waals surface area (Å²) < 4.78 is 13.9. The molecule has 0 bridgehead atoms. The van der Waals surface area contributed by atoms with Gasteiger partial charge in [0.1, 0.15) is 5.67 Å². The van der Waals surface area contributed by atoms with Crippen molar-refractivity contribution in [3.05, 3.63) is 35.4 Å². The fourth-order valence-corrected chi connectivity index (χ4v) is 2.10. The molecule has 1 aliphatic carbocycles. The molecule has 0 heterocycles. The van der Waals surface area contributed by atoms with Gasteiger partial charge in [0.15, 0.2) is 0 Å². The number of aryl methyl sites for hydroxylation is 1. The first-order valence-corrected chi connectivity index (χ1v) is 5.07. The van der Waals surface area contributed by atoms with Crippen LogP contribution < -0.4 is 5.73 Å². The minimum Gasteiger partial charge on any atom is -0.327 e. The molecule has 2 heteroatoms. The van der Waals surface area contributed by atoms with Gasteiger partial charge in [0.05, 0.1) is 0 Å². The van der Waals surface area contributed by atoms with Gasteiger partial charge in [0, 0.05) is 12.5 Å². The fourth-order valence-electron chi connectivity index (χ4n) is 2.10. The number of rotatable bonds is 2. The molecule has 2 N–H and O–H groups in total. The Bertz CT molecular complexity index is 312. The van der Waals surface area contributed by atoms with Crippen LogP contribution in [0.4, 0.5) is 4.39 Å². The second-order valence-electron chi connectivity index (χ2n) is 4.48. The van der Waals surface area contributed by atoms with Crippen LogP contribution in [0, 0.1) is 6.92 Å². The van der Waals surface area contributed by atoms with Gasteiger partial charge in [-0.1, -0.05) is 29.8 Å². The van der Waals surface area contributed by atoms with Crippen LogP contribution in [-0.2, 0) is 6.42 Å². The molecule has 1 nitrogen and oxygen atoms in total. The molecule has 0 spiro atoms. The summed E-state index contributed by atoms with van der Waals surface area (Å²) in [6.07, 6.45) is 1.54. The van der Waals surface area contributed by atoms with Crippen LogP contribution in [-0.4, -0.2) is 11.7 Å². The van der Waals surface area contributed by atoms with Crippen molar-refractivity contribution < 1.29 is 4.39 Å². The first-order chi connectivity index (χ1) is 6.57. The topological polar surface area (TPSA) is 26.0 Å². The van der Waals surface area contributed by atoms with Crippen molar-refractivity contribution in [3.63, 3.8) is 0 Å². The van der Waals surface area contributed by atoms with Gasteiger partial charge in [0.25, 0.3) is 0 Å². The summed E-state index contributed by atoms with van der Waals surface area (Å²) in [4.78, 5) is 0. The van der Waals surface area contributed by atoms with E-state index in [1.165, 1.54) is 5.56 Å². The highest BCUT2D eigenvalue weighted by Gasteiger charge is 2.42. The Morgan fingerprint density at radius 3 is 2.43 bits per heavy atom. The number of hydrogen-bond donors (Lipinski definition) is 1. The van der Waals surface area contributed by atoms with E-state index in [0.717, 1.165) is 5.56 Å². The molecule has 14 heavy (non-hydrogen) atoms. The van der Waals surface area contributed by atoms with Crippen molar-refractivity contribution in [1.29, 1.82) is 0 Å². The van der Waals surface area contributed by atoms with Crippen molar-refractivity contribution in [2.45, 2.75) is 37.9 Å². The molecule has 2 rings (SSSR count). The molecular weight excluding hydrogens is 177 g/mol. The van der Waals surface area contributed by atoms with Crippen LogP contribution in [0.5, 0.6) is 0 Å². The van der Waals surface area contributed by atoms with Gasteiger partial charge in [0.2, 0.25) is 0 Å². The lowest BCUT2D eigenvalue weighted by Crippen LogP contribution is -2.49. The lowest BCUT2D eigenvalue weighted by Gasteiger charge is -2.39. The zero-order valence-corrected chi connectivity index (χ0v) is 8.46. The van der Waals surface area contributed by atoms with Crippen LogP contribution in [0.15, 0.2) is 24.3 Å². The number of nitrogens with two attached hydrogens (primary N) is 1. The lowest BCUT2D eigenvalue weighted by atomic mass is 9.74. The van der Waals surface area contributed by atoms with Crippen LogP contribution in [0.2, 0.25) is 0 Å². The van der Waals surface area contributed by atoms with Crippen molar-refractivity contribution in [1.82, 2.24) is 0 Å². The van der Waals surface area contributed by atoms with Gasteiger partial charge >= 0.3 is 0 Å². The second kappa shape index (κ2) is 3.35. The van der Waals surface area contributed by atoms with E-state index in [1.54, 1.807) is 0 Å². The van der Waals surface area contributed by atoms with E-state index in [0.29, 0.717) is 19.3 Å². The Morgan fingerprint density at radius 1 is 1.36 bits per heavy atom. The Balaban J connectivity index is 2.01. The molecule has 0 saturated heterocycles. The van der Waals surface area contributed by atoms with E-state index in [4.69, 9.17) is 5.73 Å². The fraction of sp³-hybridized carbons (Fsp3) is 0.500. The van der Waals surface area contributed by atoms with E-state index in [9.17, 15) is 4.39 Å². The normalized spacial score (nSPS) is 31.2. The molecule has 1 aromatic carbocycles. The molecule has 0 aliphatic heterocycles. The summed E-state index contributed by atoms with van der Waals surface area (Å²) in [5, 5.41) is 0. The maximum Gasteiger partial charge on any atom is 0.118 e. The molecule has 0 radical (unpaired) electrons. The van der Waals surface area contributed by atoms with E-state index in [2.05, 4.69) is 0 Å². The third-order valence-electron chi connectivity index (χ3n) is 2.90. The molecule has 76 valence electrons. The van der Waals surface area contributed by atoms with Gasteiger partial charge in [-0.05, 0) is 25.3 Å². The van der Waals surface area contributed by atoms with E-state index in [-0.39, 0.29) is 6.04 Å². The van der Waals surface area contributed by atoms with Crippen molar-refractivity contribution in [2.24, 2.45) is 5.73 Å². The van der Waals surface area contributed by atoms with Crippen molar-refractivity contribution >= 4 is 0 Å². The van der Waals surface area contributed by atoms with Crippen molar-refractivity contribution in [3.8, 4) is 0 Å². The summed E-state index contributed by atoms with van der Waals surface area (Å²) >= 11 is 0.